The molecule has 0 radical (unpaired) electrons. The van der Waals surface area contributed by atoms with Crippen molar-refractivity contribution in [2.75, 3.05) is 0 Å². The number of hydrogen-bond donors (Lipinski definition) is 1. The van der Waals surface area contributed by atoms with Crippen LogP contribution in [0, 0.1) is 11.6 Å². The van der Waals surface area contributed by atoms with Crippen LogP contribution >= 0.6 is 0 Å². The summed E-state index contributed by atoms with van der Waals surface area (Å²) in [6, 6.07) is 7.91. The van der Waals surface area contributed by atoms with Gasteiger partial charge in [0.1, 0.15) is 17.7 Å². The van der Waals surface area contributed by atoms with Crippen molar-refractivity contribution in [2.45, 2.75) is 6.10 Å². The maximum Gasteiger partial charge on any atom is 0.126 e. The van der Waals surface area contributed by atoms with Crippen molar-refractivity contribution in [1.29, 1.82) is 0 Å². The molecule has 0 saturated heterocycles. The van der Waals surface area contributed by atoms with Gasteiger partial charge in [-0.15, -0.1) is 0 Å². The van der Waals surface area contributed by atoms with Crippen molar-refractivity contribution in [3.63, 3.8) is 0 Å². The summed E-state index contributed by atoms with van der Waals surface area (Å²) in [7, 11) is 0. The predicted octanol–water partition coefficient (Wildman–Crippen LogP) is 2.44. The lowest BCUT2D eigenvalue weighted by Crippen LogP contribution is -2.02. The van der Waals surface area contributed by atoms with Crippen molar-refractivity contribution in [1.82, 2.24) is 4.98 Å². The summed E-state index contributed by atoms with van der Waals surface area (Å²) < 4.78 is 25.9. The first-order valence-electron chi connectivity index (χ1n) is 4.72. The molecule has 2 rings (SSSR count). The molecule has 0 fully saturated rings. The first kappa shape index (κ1) is 10.7. The van der Waals surface area contributed by atoms with Crippen LogP contribution in [0.5, 0.6) is 0 Å². The van der Waals surface area contributed by atoms with Gasteiger partial charge < -0.3 is 5.11 Å². The summed E-state index contributed by atoms with van der Waals surface area (Å²) in [5.74, 6) is -1.44. The van der Waals surface area contributed by atoms with E-state index in [0.717, 1.165) is 18.2 Å². The molecule has 2 aromatic rings. The zero-order valence-corrected chi connectivity index (χ0v) is 8.27. The van der Waals surface area contributed by atoms with Gasteiger partial charge in [-0.2, -0.15) is 0 Å². The number of benzene rings is 1. The highest BCUT2D eigenvalue weighted by Gasteiger charge is 2.13. The minimum absolute atomic E-state index is 0.149. The van der Waals surface area contributed by atoms with Gasteiger partial charge in [-0.1, -0.05) is 6.07 Å². The van der Waals surface area contributed by atoms with Crippen molar-refractivity contribution in [3.8, 4) is 0 Å². The highest BCUT2D eigenvalue weighted by Crippen LogP contribution is 2.21. The Labute approximate surface area is 91.2 Å². The predicted molar refractivity (Wildman–Crippen MR) is 54.7 cm³/mol. The fourth-order valence-electron chi connectivity index (χ4n) is 1.44. The molecule has 2 nitrogen and oxygen atoms in total. The third-order valence-electron chi connectivity index (χ3n) is 2.17. The van der Waals surface area contributed by atoms with Gasteiger partial charge in [0, 0.05) is 12.3 Å². The second-order valence-corrected chi connectivity index (χ2v) is 3.36. The minimum atomic E-state index is -1.12. The smallest absolute Gasteiger partial charge is 0.126 e. The number of pyridine rings is 1. The van der Waals surface area contributed by atoms with Crippen LogP contribution in [0.3, 0.4) is 0 Å². The van der Waals surface area contributed by atoms with Crippen molar-refractivity contribution in [3.05, 3.63) is 65.5 Å². The van der Waals surface area contributed by atoms with Crippen LogP contribution < -0.4 is 0 Å². The van der Waals surface area contributed by atoms with E-state index in [2.05, 4.69) is 4.98 Å². The third-order valence-corrected chi connectivity index (χ3v) is 2.17. The van der Waals surface area contributed by atoms with Crippen LogP contribution in [-0.4, -0.2) is 10.1 Å². The van der Waals surface area contributed by atoms with Gasteiger partial charge in [0.05, 0.1) is 5.69 Å². The molecule has 1 aromatic heterocycles. The molecule has 1 unspecified atom stereocenters. The van der Waals surface area contributed by atoms with Crippen LogP contribution in [0.15, 0.2) is 42.6 Å². The molecule has 16 heavy (non-hydrogen) atoms. The van der Waals surface area contributed by atoms with Gasteiger partial charge in [0.25, 0.3) is 0 Å². The lowest BCUT2D eigenvalue weighted by Gasteiger charge is -2.10. The first-order chi connectivity index (χ1) is 7.66. The summed E-state index contributed by atoms with van der Waals surface area (Å²) in [6.07, 6.45) is 0.389. The molecule has 0 amide bonds. The Kier molecular flexibility index (Phi) is 2.92. The molecular weight excluding hydrogens is 212 g/mol. The fraction of sp³-hybridized carbons (Fsp3) is 0.0833. The molecule has 1 aromatic carbocycles. The molecule has 0 bridgehead atoms. The first-order valence-corrected chi connectivity index (χ1v) is 4.72. The van der Waals surface area contributed by atoms with E-state index in [1.807, 2.05) is 0 Å². The molecule has 1 heterocycles. The quantitative estimate of drug-likeness (QED) is 0.844. The van der Waals surface area contributed by atoms with Crippen LogP contribution in [0.1, 0.15) is 17.4 Å². The van der Waals surface area contributed by atoms with E-state index < -0.39 is 17.7 Å². The Balaban J connectivity index is 2.37. The zero-order valence-electron chi connectivity index (χ0n) is 8.27. The summed E-state index contributed by atoms with van der Waals surface area (Å²) in [6.45, 7) is 0. The largest absolute Gasteiger partial charge is 0.382 e. The Morgan fingerprint density at radius 3 is 2.31 bits per heavy atom. The number of aromatic nitrogens is 1. The number of nitrogens with zero attached hydrogens (tertiary/aromatic N) is 1. The number of halogens is 2. The number of rotatable bonds is 2. The molecule has 1 atom stereocenters. The van der Waals surface area contributed by atoms with E-state index in [1.165, 1.54) is 6.20 Å². The van der Waals surface area contributed by atoms with E-state index >= 15 is 0 Å². The topological polar surface area (TPSA) is 33.1 Å². The molecule has 0 spiro atoms. The highest BCUT2D eigenvalue weighted by molar-refractivity contribution is 5.26. The van der Waals surface area contributed by atoms with Crippen LogP contribution in [0.25, 0.3) is 0 Å². The van der Waals surface area contributed by atoms with E-state index in [-0.39, 0.29) is 5.56 Å². The molecule has 0 saturated carbocycles. The number of hydrogen-bond acceptors (Lipinski definition) is 2. The van der Waals surface area contributed by atoms with Crippen molar-refractivity contribution < 1.29 is 13.9 Å². The molecule has 4 heteroatoms. The molecular formula is C12H9F2NO. The van der Waals surface area contributed by atoms with E-state index in [1.54, 1.807) is 18.2 Å². The molecule has 82 valence electrons. The second kappa shape index (κ2) is 4.37. The Morgan fingerprint density at radius 2 is 1.75 bits per heavy atom. The highest BCUT2D eigenvalue weighted by atomic mass is 19.1. The monoisotopic (exact) mass is 221 g/mol. The Bertz CT molecular complexity index is 467. The molecule has 0 aliphatic heterocycles. The van der Waals surface area contributed by atoms with Crippen LogP contribution in [-0.2, 0) is 0 Å². The van der Waals surface area contributed by atoms with Crippen LogP contribution in [0.4, 0.5) is 8.78 Å². The van der Waals surface area contributed by atoms with Crippen LogP contribution in [0.2, 0.25) is 0 Å². The second-order valence-electron chi connectivity index (χ2n) is 3.36. The maximum atomic E-state index is 12.9. The van der Waals surface area contributed by atoms with E-state index in [0.29, 0.717) is 5.69 Å². The van der Waals surface area contributed by atoms with E-state index in [9.17, 15) is 13.9 Å². The Hall–Kier alpha value is -1.81. The summed E-state index contributed by atoms with van der Waals surface area (Å²) in [4.78, 5) is 3.92. The van der Waals surface area contributed by atoms with Gasteiger partial charge in [-0.05, 0) is 29.8 Å². The van der Waals surface area contributed by atoms with Gasteiger partial charge in [-0.3, -0.25) is 4.98 Å². The van der Waals surface area contributed by atoms with Crippen molar-refractivity contribution >= 4 is 0 Å². The minimum Gasteiger partial charge on any atom is -0.382 e. The Morgan fingerprint density at radius 1 is 1.06 bits per heavy atom. The van der Waals surface area contributed by atoms with E-state index in [4.69, 9.17) is 0 Å². The normalized spacial score (nSPS) is 12.4. The van der Waals surface area contributed by atoms with Gasteiger partial charge in [-0.25, -0.2) is 8.78 Å². The van der Waals surface area contributed by atoms with Gasteiger partial charge >= 0.3 is 0 Å². The average molecular weight is 221 g/mol. The maximum absolute atomic E-state index is 12.9. The average Bonchev–Trinajstić information content (AvgIpc) is 2.28. The standard InChI is InChI=1S/C12H9F2NO/c13-9-5-8(6-10(14)7-9)12(16)11-3-1-2-4-15-11/h1-7,12,16H. The summed E-state index contributed by atoms with van der Waals surface area (Å²) in [5.41, 5.74) is 0.503. The lowest BCUT2D eigenvalue weighted by atomic mass is 10.1. The van der Waals surface area contributed by atoms with Crippen molar-refractivity contribution in [2.24, 2.45) is 0 Å². The fourth-order valence-corrected chi connectivity index (χ4v) is 1.44. The number of aliphatic hydroxyl groups is 1. The zero-order chi connectivity index (χ0) is 11.5. The number of aliphatic hydroxyl groups excluding tert-OH is 1. The molecule has 1 N–H and O–H groups in total. The van der Waals surface area contributed by atoms with Gasteiger partial charge in [0.2, 0.25) is 0 Å². The third kappa shape index (κ3) is 2.23. The SMILES string of the molecule is OC(c1cc(F)cc(F)c1)c1ccccn1. The molecule has 0 aliphatic rings. The summed E-state index contributed by atoms with van der Waals surface area (Å²) in [5, 5.41) is 9.84. The summed E-state index contributed by atoms with van der Waals surface area (Å²) >= 11 is 0. The lowest BCUT2D eigenvalue weighted by molar-refractivity contribution is 0.214. The molecule has 0 aliphatic carbocycles. The van der Waals surface area contributed by atoms with Gasteiger partial charge in [0.15, 0.2) is 0 Å².